The molecule has 0 saturated carbocycles. The molecule has 2 rings (SSSR count). The van der Waals surface area contributed by atoms with E-state index < -0.39 is 21.8 Å². The first-order chi connectivity index (χ1) is 11.2. The number of sulfone groups is 1. The first-order valence-electron chi connectivity index (χ1n) is 6.89. The summed E-state index contributed by atoms with van der Waals surface area (Å²) in [5.41, 5.74) is 0.200. The van der Waals surface area contributed by atoms with E-state index in [-0.39, 0.29) is 15.6 Å². The Morgan fingerprint density at radius 3 is 2.50 bits per heavy atom. The minimum atomic E-state index is -3.41. The zero-order chi connectivity index (χ0) is 17.9. The van der Waals surface area contributed by atoms with Crippen LogP contribution in [0.2, 0.25) is 10.0 Å². The Bertz CT molecular complexity index is 868. The number of benzene rings is 2. The van der Waals surface area contributed by atoms with Gasteiger partial charge in [-0.2, -0.15) is 0 Å². The molecule has 8 heteroatoms. The van der Waals surface area contributed by atoms with Gasteiger partial charge in [-0.1, -0.05) is 29.3 Å². The first-order valence-corrected chi connectivity index (χ1v) is 9.54. The highest BCUT2D eigenvalue weighted by Crippen LogP contribution is 2.26. The molecule has 0 bridgehead atoms. The molecule has 0 spiro atoms. The van der Waals surface area contributed by atoms with Crippen LogP contribution in [0.4, 0.5) is 5.69 Å². The Morgan fingerprint density at radius 2 is 1.88 bits per heavy atom. The lowest BCUT2D eigenvalue weighted by molar-refractivity contribution is -0.122. The summed E-state index contributed by atoms with van der Waals surface area (Å²) >= 11 is 11.9. The summed E-state index contributed by atoms with van der Waals surface area (Å²) in [6, 6.07) is 10.7. The van der Waals surface area contributed by atoms with Gasteiger partial charge in [-0.3, -0.25) is 4.79 Å². The lowest BCUT2D eigenvalue weighted by atomic mass is 10.3. The molecule has 0 aliphatic carbocycles. The van der Waals surface area contributed by atoms with Gasteiger partial charge >= 0.3 is 0 Å². The molecule has 5 nitrogen and oxygen atoms in total. The standard InChI is InChI=1S/C16H15Cl2NO4S/c1-10(23-12-5-3-4-11(17)8-12)16(20)19-15-9-13(24(2,21)22)6-7-14(15)18/h3-10H,1-2H3,(H,19,20)/t10-/m1/s1. The third-order valence-corrected chi connectivity index (χ3v) is 4.78. The number of halogens is 2. The Hall–Kier alpha value is -1.76. The smallest absolute Gasteiger partial charge is 0.265 e. The average molecular weight is 388 g/mol. The molecule has 1 atom stereocenters. The van der Waals surface area contributed by atoms with Crippen LogP contribution in [0.5, 0.6) is 5.75 Å². The summed E-state index contributed by atoms with van der Waals surface area (Å²) in [4.78, 5) is 12.3. The maximum absolute atomic E-state index is 12.2. The van der Waals surface area contributed by atoms with E-state index in [0.717, 1.165) is 6.26 Å². The second-order valence-electron chi connectivity index (χ2n) is 5.12. The fourth-order valence-corrected chi connectivity index (χ4v) is 2.86. The number of carbonyl (C=O) groups excluding carboxylic acids is 1. The van der Waals surface area contributed by atoms with Crippen molar-refractivity contribution in [3.63, 3.8) is 0 Å². The van der Waals surface area contributed by atoms with Crippen molar-refractivity contribution in [3.05, 3.63) is 52.5 Å². The summed E-state index contributed by atoms with van der Waals surface area (Å²) in [5.74, 6) is -0.0244. The van der Waals surface area contributed by atoms with Gasteiger partial charge in [-0.25, -0.2) is 8.42 Å². The third kappa shape index (κ3) is 4.87. The zero-order valence-corrected chi connectivity index (χ0v) is 15.2. The summed E-state index contributed by atoms with van der Waals surface area (Å²) in [5, 5.41) is 3.28. The molecule has 2 aromatic rings. The van der Waals surface area contributed by atoms with Crippen molar-refractivity contribution in [3.8, 4) is 5.75 Å². The Balaban J connectivity index is 2.14. The monoisotopic (exact) mass is 387 g/mol. The molecule has 0 saturated heterocycles. The highest BCUT2D eigenvalue weighted by Gasteiger charge is 2.18. The van der Waals surface area contributed by atoms with Crippen LogP contribution in [-0.4, -0.2) is 26.7 Å². The van der Waals surface area contributed by atoms with Gasteiger partial charge in [-0.05, 0) is 43.3 Å². The number of anilines is 1. The van der Waals surface area contributed by atoms with Gasteiger partial charge in [0.1, 0.15) is 5.75 Å². The predicted molar refractivity (Wildman–Crippen MR) is 94.7 cm³/mol. The molecule has 0 aliphatic heterocycles. The summed E-state index contributed by atoms with van der Waals surface area (Å²) in [7, 11) is -3.41. The molecular weight excluding hydrogens is 373 g/mol. The highest BCUT2D eigenvalue weighted by atomic mass is 35.5. The summed E-state index contributed by atoms with van der Waals surface area (Å²) in [6.45, 7) is 1.56. The van der Waals surface area contributed by atoms with Crippen LogP contribution in [-0.2, 0) is 14.6 Å². The molecule has 0 aliphatic rings. The van der Waals surface area contributed by atoms with Crippen molar-refractivity contribution in [1.82, 2.24) is 0 Å². The minimum absolute atomic E-state index is 0.0608. The van der Waals surface area contributed by atoms with Gasteiger partial charge in [0, 0.05) is 11.3 Å². The second-order valence-corrected chi connectivity index (χ2v) is 7.98. The summed E-state index contributed by atoms with van der Waals surface area (Å²) < 4.78 is 28.7. The van der Waals surface area contributed by atoms with E-state index in [9.17, 15) is 13.2 Å². The topological polar surface area (TPSA) is 72.5 Å². The summed E-state index contributed by atoms with van der Waals surface area (Å²) in [6.07, 6.45) is 0.244. The normalized spacial score (nSPS) is 12.5. The second kappa shape index (κ2) is 7.42. The van der Waals surface area contributed by atoms with Crippen LogP contribution in [0.1, 0.15) is 6.92 Å². The molecular formula is C16H15Cl2NO4S. The maximum Gasteiger partial charge on any atom is 0.265 e. The fourth-order valence-electron chi connectivity index (χ4n) is 1.86. The molecule has 0 fully saturated rings. The van der Waals surface area contributed by atoms with E-state index in [2.05, 4.69) is 5.32 Å². The van der Waals surface area contributed by atoms with Gasteiger partial charge in [0.2, 0.25) is 0 Å². The quantitative estimate of drug-likeness (QED) is 0.846. The number of ether oxygens (including phenoxy) is 1. The number of amides is 1. The van der Waals surface area contributed by atoms with Crippen LogP contribution in [0.15, 0.2) is 47.4 Å². The van der Waals surface area contributed by atoms with E-state index in [4.69, 9.17) is 27.9 Å². The lowest BCUT2D eigenvalue weighted by Gasteiger charge is -2.16. The largest absolute Gasteiger partial charge is 0.481 e. The number of nitrogens with one attached hydrogen (secondary N) is 1. The molecule has 0 radical (unpaired) electrons. The molecule has 0 aromatic heterocycles. The van der Waals surface area contributed by atoms with E-state index in [1.807, 2.05) is 0 Å². The average Bonchev–Trinajstić information content (AvgIpc) is 2.48. The van der Waals surface area contributed by atoms with E-state index >= 15 is 0 Å². The molecule has 0 unspecified atom stereocenters. The molecule has 1 amide bonds. The van der Waals surface area contributed by atoms with Crippen LogP contribution in [0.25, 0.3) is 0 Å². The van der Waals surface area contributed by atoms with E-state index in [1.54, 1.807) is 31.2 Å². The number of hydrogen-bond acceptors (Lipinski definition) is 4. The Labute approximate surface area is 150 Å². The number of hydrogen-bond donors (Lipinski definition) is 1. The maximum atomic E-state index is 12.2. The van der Waals surface area contributed by atoms with Gasteiger partial charge < -0.3 is 10.1 Å². The van der Waals surface area contributed by atoms with Gasteiger partial charge in [0.15, 0.2) is 15.9 Å². The SMILES string of the molecule is C[C@@H](Oc1cccc(Cl)c1)C(=O)Nc1cc(S(C)(=O)=O)ccc1Cl. The molecule has 128 valence electrons. The lowest BCUT2D eigenvalue weighted by Crippen LogP contribution is -2.30. The van der Waals surface area contributed by atoms with Crippen molar-refractivity contribution >= 4 is 44.6 Å². The molecule has 24 heavy (non-hydrogen) atoms. The van der Waals surface area contributed by atoms with Crippen molar-refractivity contribution in [2.45, 2.75) is 17.9 Å². The minimum Gasteiger partial charge on any atom is -0.481 e. The van der Waals surface area contributed by atoms with Crippen LogP contribution < -0.4 is 10.1 Å². The van der Waals surface area contributed by atoms with Crippen LogP contribution in [0, 0.1) is 0 Å². The van der Waals surface area contributed by atoms with Crippen molar-refractivity contribution in [1.29, 1.82) is 0 Å². The van der Waals surface area contributed by atoms with Crippen molar-refractivity contribution in [2.75, 3.05) is 11.6 Å². The molecule has 2 aromatic carbocycles. The Morgan fingerprint density at radius 1 is 1.17 bits per heavy atom. The van der Waals surface area contributed by atoms with E-state index in [1.165, 1.54) is 18.2 Å². The fraction of sp³-hybridized carbons (Fsp3) is 0.188. The van der Waals surface area contributed by atoms with Gasteiger partial charge in [0.05, 0.1) is 15.6 Å². The molecule has 1 N–H and O–H groups in total. The van der Waals surface area contributed by atoms with Crippen molar-refractivity contribution < 1.29 is 17.9 Å². The van der Waals surface area contributed by atoms with E-state index in [0.29, 0.717) is 10.8 Å². The van der Waals surface area contributed by atoms with Crippen LogP contribution in [0.3, 0.4) is 0 Å². The van der Waals surface area contributed by atoms with Gasteiger partial charge in [-0.15, -0.1) is 0 Å². The van der Waals surface area contributed by atoms with Crippen LogP contribution >= 0.6 is 23.2 Å². The first kappa shape index (κ1) is 18.6. The Kier molecular flexibility index (Phi) is 5.74. The number of rotatable bonds is 5. The van der Waals surface area contributed by atoms with Crippen molar-refractivity contribution in [2.24, 2.45) is 0 Å². The number of carbonyl (C=O) groups is 1. The third-order valence-electron chi connectivity index (χ3n) is 3.10. The van der Waals surface area contributed by atoms with Gasteiger partial charge in [0.25, 0.3) is 5.91 Å². The zero-order valence-electron chi connectivity index (χ0n) is 12.9. The predicted octanol–water partition coefficient (Wildman–Crippen LogP) is 3.80. The molecule has 0 heterocycles. The highest BCUT2D eigenvalue weighted by molar-refractivity contribution is 7.90.